The molecule has 1 amide bonds. The van der Waals surface area contributed by atoms with Gasteiger partial charge >= 0.3 is 0 Å². The zero-order chi connectivity index (χ0) is 19.3. The normalized spacial score (nSPS) is 11.0. The molecule has 0 aliphatic heterocycles. The zero-order valence-corrected chi connectivity index (χ0v) is 16.6. The number of thiophene rings is 1. The summed E-state index contributed by atoms with van der Waals surface area (Å²) in [6, 6.07) is 18.4. The Morgan fingerprint density at radius 2 is 1.93 bits per heavy atom. The summed E-state index contributed by atoms with van der Waals surface area (Å²) >= 11 is 2.98. The minimum absolute atomic E-state index is 0.0529. The highest BCUT2D eigenvalue weighted by Crippen LogP contribution is 2.25. The molecule has 2 heterocycles. The summed E-state index contributed by atoms with van der Waals surface area (Å²) in [5.41, 5.74) is 2.35. The molecule has 0 saturated heterocycles. The molecule has 4 nitrogen and oxygen atoms in total. The Morgan fingerprint density at radius 1 is 1.11 bits per heavy atom. The lowest BCUT2D eigenvalue weighted by Crippen LogP contribution is -2.24. The van der Waals surface area contributed by atoms with Crippen molar-refractivity contribution in [3.8, 4) is 0 Å². The fraction of sp³-hybridized carbons (Fsp3) is 0.143. The maximum absolute atomic E-state index is 14.2. The van der Waals surface area contributed by atoms with Crippen LogP contribution in [-0.2, 0) is 17.9 Å². The highest BCUT2D eigenvalue weighted by atomic mass is 32.2. The Labute approximate surface area is 170 Å². The quantitative estimate of drug-likeness (QED) is 0.449. The minimum atomic E-state index is -0.245. The number of carbonyl (C=O) groups excluding carboxylic acids is 1. The lowest BCUT2D eigenvalue weighted by Gasteiger charge is -2.10. The molecule has 0 aliphatic rings. The highest BCUT2D eigenvalue weighted by Gasteiger charge is 2.14. The Morgan fingerprint density at radius 3 is 2.75 bits per heavy atom. The molecule has 0 unspecified atom stereocenters. The van der Waals surface area contributed by atoms with E-state index in [1.54, 1.807) is 23.5 Å². The summed E-state index contributed by atoms with van der Waals surface area (Å²) in [5, 5.41) is 5.61. The van der Waals surface area contributed by atoms with E-state index < -0.39 is 0 Å². The van der Waals surface area contributed by atoms with Gasteiger partial charge in [-0.25, -0.2) is 9.37 Å². The van der Waals surface area contributed by atoms with E-state index in [1.807, 2.05) is 52.4 Å². The molecule has 0 spiro atoms. The van der Waals surface area contributed by atoms with E-state index in [2.05, 4.69) is 10.3 Å². The van der Waals surface area contributed by atoms with Crippen LogP contribution in [0.1, 0.15) is 10.4 Å². The molecule has 2 aromatic heterocycles. The first-order valence-corrected chi connectivity index (χ1v) is 10.7. The Balaban J connectivity index is 1.51. The molecule has 0 atom stereocenters. The van der Waals surface area contributed by atoms with Crippen molar-refractivity contribution in [3.05, 3.63) is 82.3 Å². The number of carbonyl (C=O) groups is 1. The number of fused-ring (bicyclic) bond motifs is 1. The third-order valence-corrected chi connectivity index (χ3v) is 6.13. The first-order valence-electron chi connectivity index (χ1n) is 8.81. The molecule has 2 aromatic carbocycles. The number of hydrogen-bond acceptors (Lipinski definition) is 4. The molecule has 1 N–H and O–H groups in total. The molecular formula is C21H18FN3OS2. The average molecular weight is 412 g/mol. The van der Waals surface area contributed by atoms with E-state index in [1.165, 1.54) is 17.8 Å². The second kappa shape index (κ2) is 8.58. The van der Waals surface area contributed by atoms with Crippen molar-refractivity contribution in [1.29, 1.82) is 0 Å². The Kier molecular flexibility index (Phi) is 5.73. The van der Waals surface area contributed by atoms with E-state index in [0.29, 0.717) is 23.8 Å². The second-order valence-electron chi connectivity index (χ2n) is 6.21. The molecule has 0 aliphatic carbocycles. The van der Waals surface area contributed by atoms with Crippen LogP contribution in [0.3, 0.4) is 0 Å². The van der Waals surface area contributed by atoms with Gasteiger partial charge in [-0.15, -0.1) is 11.3 Å². The predicted molar refractivity (Wildman–Crippen MR) is 112 cm³/mol. The van der Waals surface area contributed by atoms with E-state index >= 15 is 0 Å². The molecule has 4 rings (SSSR count). The number of rotatable bonds is 7. The van der Waals surface area contributed by atoms with E-state index in [4.69, 9.17) is 0 Å². The van der Waals surface area contributed by atoms with Crippen LogP contribution in [0, 0.1) is 5.82 Å². The fourth-order valence-electron chi connectivity index (χ4n) is 2.89. The highest BCUT2D eigenvalue weighted by molar-refractivity contribution is 7.99. The number of thioether (sulfide) groups is 1. The van der Waals surface area contributed by atoms with Crippen LogP contribution in [0.2, 0.25) is 0 Å². The van der Waals surface area contributed by atoms with Gasteiger partial charge in [-0.2, -0.15) is 0 Å². The Bertz CT molecular complexity index is 1090. The SMILES string of the molecule is O=C(CSc1nc2ccccc2n1Cc1ccccc1F)NCc1cccs1. The smallest absolute Gasteiger partial charge is 0.230 e. The number of aromatic nitrogens is 2. The lowest BCUT2D eigenvalue weighted by atomic mass is 10.2. The number of nitrogens with zero attached hydrogens (tertiary/aromatic N) is 2. The van der Waals surface area contributed by atoms with Gasteiger partial charge in [0.2, 0.25) is 5.91 Å². The van der Waals surface area contributed by atoms with Gasteiger partial charge in [-0.3, -0.25) is 4.79 Å². The lowest BCUT2D eigenvalue weighted by molar-refractivity contribution is -0.118. The molecule has 28 heavy (non-hydrogen) atoms. The van der Waals surface area contributed by atoms with Crippen LogP contribution in [0.4, 0.5) is 4.39 Å². The second-order valence-corrected chi connectivity index (χ2v) is 8.18. The number of nitrogens with one attached hydrogen (secondary N) is 1. The number of benzene rings is 2. The summed E-state index contributed by atoms with van der Waals surface area (Å²) in [7, 11) is 0. The monoisotopic (exact) mass is 411 g/mol. The molecule has 0 fully saturated rings. The van der Waals surface area contributed by atoms with Gasteiger partial charge in [-0.1, -0.05) is 48.2 Å². The molecule has 4 aromatic rings. The molecule has 0 radical (unpaired) electrons. The third-order valence-electron chi connectivity index (χ3n) is 4.28. The van der Waals surface area contributed by atoms with Crippen molar-refractivity contribution in [1.82, 2.24) is 14.9 Å². The van der Waals surface area contributed by atoms with Crippen LogP contribution >= 0.6 is 23.1 Å². The van der Waals surface area contributed by atoms with Crippen molar-refractivity contribution in [2.45, 2.75) is 18.2 Å². The molecule has 7 heteroatoms. The van der Waals surface area contributed by atoms with Crippen molar-refractivity contribution in [2.75, 3.05) is 5.75 Å². The Hall–Kier alpha value is -2.64. The van der Waals surface area contributed by atoms with Gasteiger partial charge in [0.15, 0.2) is 5.16 Å². The molecule has 0 saturated carbocycles. The fourth-order valence-corrected chi connectivity index (χ4v) is 4.38. The third kappa shape index (κ3) is 4.26. The maximum atomic E-state index is 14.2. The van der Waals surface area contributed by atoms with Gasteiger partial charge in [0.05, 0.1) is 29.9 Å². The average Bonchev–Trinajstić information content (AvgIpc) is 3.35. The van der Waals surface area contributed by atoms with E-state index in [-0.39, 0.29) is 17.5 Å². The standard InChI is InChI=1S/C21H18FN3OS2/c22-17-8-2-1-6-15(17)13-25-19-10-4-3-9-18(19)24-21(25)28-14-20(26)23-12-16-7-5-11-27-16/h1-11H,12-14H2,(H,23,26). The van der Waals surface area contributed by atoms with E-state index in [9.17, 15) is 9.18 Å². The summed E-state index contributed by atoms with van der Waals surface area (Å²) in [5.74, 6) is -0.0424. The van der Waals surface area contributed by atoms with E-state index in [0.717, 1.165) is 15.9 Å². The molecule has 0 bridgehead atoms. The van der Waals surface area contributed by atoms with Gasteiger partial charge in [0.1, 0.15) is 5.82 Å². The minimum Gasteiger partial charge on any atom is -0.350 e. The first-order chi connectivity index (χ1) is 13.7. The summed E-state index contributed by atoms with van der Waals surface area (Å²) in [4.78, 5) is 18.0. The van der Waals surface area contributed by atoms with Crippen LogP contribution in [0.5, 0.6) is 0 Å². The first kappa shape index (κ1) is 18.7. The van der Waals surface area contributed by atoms with Gasteiger partial charge in [0.25, 0.3) is 0 Å². The van der Waals surface area contributed by atoms with Gasteiger partial charge < -0.3 is 9.88 Å². The largest absolute Gasteiger partial charge is 0.350 e. The number of halogens is 1. The predicted octanol–water partition coefficient (Wildman–Crippen LogP) is 4.69. The summed E-state index contributed by atoms with van der Waals surface area (Å²) < 4.78 is 16.1. The number of imidazole rings is 1. The van der Waals surface area contributed by atoms with Crippen molar-refractivity contribution in [3.63, 3.8) is 0 Å². The van der Waals surface area contributed by atoms with Crippen molar-refractivity contribution in [2.24, 2.45) is 0 Å². The number of para-hydroxylation sites is 2. The van der Waals surface area contributed by atoms with Crippen LogP contribution < -0.4 is 5.32 Å². The molecular weight excluding hydrogens is 393 g/mol. The molecule has 142 valence electrons. The van der Waals surface area contributed by atoms with Crippen LogP contribution in [-0.4, -0.2) is 21.2 Å². The number of hydrogen-bond donors (Lipinski definition) is 1. The van der Waals surface area contributed by atoms with Crippen LogP contribution in [0.15, 0.2) is 71.2 Å². The zero-order valence-electron chi connectivity index (χ0n) is 15.0. The summed E-state index contributed by atoms with van der Waals surface area (Å²) in [6.45, 7) is 0.898. The van der Waals surface area contributed by atoms with Crippen molar-refractivity contribution >= 4 is 40.0 Å². The summed E-state index contributed by atoms with van der Waals surface area (Å²) in [6.07, 6.45) is 0. The van der Waals surface area contributed by atoms with Crippen molar-refractivity contribution < 1.29 is 9.18 Å². The van der Waals surface area contributed by atoms with Gasteiger partial charge in [0, 0.05) is 10.4 Å². The van der Waals surface area contributed by atoms with Gasteiger partial charge in [-0.05, 0) is 29.6 Å². The topological polar surface area (TPSA) is 46.9 Å². The maximum Gasteiger partial charge on any atom is 0.230 e. The number of amides is 1. The van der Waals surface area contributed by atoms with Crippen LogP contribution in [0.25, 0.3) is 11.0 Å².